The molecule has 90 valence electrons. The van der Waals surface area contributed by atoms with Crippen molar-refractivity contribution in [2.45, 2.75) is 64.6 Å². The Balaban J connectivity index is 2.05. The summed E-state index contributed by atoms with van der Waals surface area (Å²) in [5, 5.41) is 3.01. The minimum atomic E-state index is 0.137. The molecule has 2 bridgehead atoms. The van der Waals surface area contributed by atoms with Gasteiger partial charge in [0, 0.05) is 18.1 Å². The average Bonchev–Trinajstić information content (AvgIpc) is 2.49. The van der Waals surface area contributed by atoms with Crippen LogP contribution in [-0.4, -0.2) is 29.1 Å². The van der Waals surface area contributed by atoms with Crippen LogP contribution in [0.25, 0.3) is 0 Å². The number of amides is 2. The highest BCUT2D eigenvalue weighted by Crippen LogP contribution is 2.38. The zero-order valence-corrected chi connectivity index (χ0v) is 10.5. The minimum absolute atomic E-state index is 0.137. The van der Waals surface area contributed by atoms with Gasteiger partial charge in [-0.2, -0.15) is 0 Å². The van der Waals surface area contributed by atoms with Crippen LogP contribution in [0, 0.1) is 0 Å². The van der Waals surface area contributed by atoms with E-state index in [1.54, 1.807) is 0 Å². The summed E-state index contributed by atoms with van der Waals surface area (Å²) in [7, 11) is 0. The van der Waals surface area contributed by atoms with Crippen molar-refractivity contribution in [3.63, 3.8) is 0 Å². The number of urea groups is 1. The van der Waals surface area contributed by atoms with Crippen LogP contribution in [0.5, 0.6) is 0 Å². The molecular weight excluding hydrogens is 200 g/mol. The topological polar surface area (TPSA) is 32.3 Å². The van der Waals surface area contributed by atoms with E-state index in [9.17, 15) is 4.79 Å². The number of carbonyl (C=O) groups excluding carboxylic acids is 1. The van der Waals surface area contributed by atoms with Crippen LogP contribution in [0.2, 0.25) is 0 Å². The second kappa shape index (κ2) is 4.48. The second-order valence-electron chi connectivity index (χ2n) is 5.25. The second-order valence-corrected chi connectivity index (χ2v) is 5.25. The summed E-state index contributed by atoms with van der Waals surface area (Å²) in [4.78, 5) is 14.1. The normalized spacial score (nSPS) is 28.5. The molecular formula is C13H22N2O. The number of fused-ring (bicyclic) bond motifs is 2. The van der Waals surface area contributed by atoms with E-state index in [-0.39, 0.29) is 12.1 Å². The lowest BCUT2D eigenvalue weighted by atomic mass is 9.97. The highest BCUT2D eigenvalue weighted by Gasteiger charge is 2.40. The van der Waals surface area contributed by atoms with Crippen molar-refractivity contribution in [3.8, 4) is 0 Å². The fourth-order valence-electron chi connectivity index (χ4n) is 2.94. The van der Waals surface area contributed by atoms with Crippen LogP contribution in [-0.2, 0) is 0 Å². The minimum Gasteiger partial charge on any atom is -0.336 e. The first-order valence-electron chi connectivity index (χ1n) is 6.34. The molecule has 1 N–H and O–H groups in total. The Morgan fingerprint density at radius 3 is 2.38 bits per heavy atom. The van der Waals surface area contributed by atoms with E-state index >= 15 is 0 Å². The molecule has 2 saturated heterocycles. The van der Waals surface area contributed by atoms with Crippen molar-refractivity contribution < 1.29 is 4.79 Å². The SMILES string of the molecule is CC=C1CC2CCC(C1)N2C(=O)NC(C)C. The lowest BCUT2D eigenvalue weighted by Crippen LogP contribution is -2.51. The summed E-state index contributed by atoms with van der Waals surface area (Å²) in [6, 6.07) is 1.26. The summed E-state index contributed by atoms with van der Waals surface area (Å²) < 4.78 is 0. The van der Waals surface area contributed by atoms with E-state index in [0.29, 0.717) is 12.1 Å². The van der Waals surface area contributed by atoms with Crippen molar-refractivity contribution >= 4 is 6.03 Å². The summed E-state index contributed by atoms with van der Waals surface area (Å²) in [5.74, 6) is 0. The van der Waals surface area contributed by atoms with E-state index < -0.39 is 0 Å². The van der Waals surface area contributed by atoms with Crippen LogP contribution in [0.3, 0.4) is 0 Å². The average molecular weight is 222 g/mol. The van der Waals surface area contributed by atoms with Crippen molar-refractivity contribution in [2.24, 2.45) is 0 Å². The number of allylic oxidation sites excluding steroid dienone is 1. The summed E-state index contributed by atoms with van der Waals surface area (Å²) in [6.45, 7) is 6.14. The van der Waals surface area contributed by atoms with Gasteiger partial charge in [0.25, 0.3) is 0 Å². The Hall–Kier alpha value is -0.990. The molecule has 3 heteroatoms. The molecule has 0 aliphatic carbocycles. The Kier molecular flexibility index (Phi) is 3.22. The first kappa shape index (κ1) is 11.5. The Morgan fingerprint density at radius 2 is 1.94 bits per heavy atom. The number of nitrogens with zero attached hydrogens (tertiary/aromatic N) is 1. The lowest BCUT2D eigenvalue weighted by Gasteiger charge is -2.36. The third-order valence-electron chi connectivity index (χ3n) is 3.67. The van der Waals surface area contributed by atoms with Crippen molar-refractivity contribution in [3.05, 3.63) is 11.6 Å². The van der Waals surface area contributed by atoms with Gasteiger partial charge >= 0.3 is 6.03 Å². The molecule has 0 saturated carbocycles. The highest BCUT2D eigenvalue weighted by atomic mass is 16.2. The Bertz CT molecular complexity index is 293. The molecule has 16 heavy (non-hydrogen) atoms. The molecule has 2 rings (SSSR count). The van der Waals surface area contributed by atoms with Crippen LogP contribution >= 0.6 is 0 Å². The zero-order chi connectivity index (χ0) is 11.7. The molecule has 0 aromatic carbocycles. The molecule has 2 fully saturated rings. The summed E-state index contributed by atoms with van der Waals surface area (Å²) in [6.07, 6.45) is 6.74. The first-order valence-corrected chi connectivity index (χ1v) is 6.34. The Morgan fingerprint density at radius 1 is 1.38 bits per heavy atom. The largest absolute Gasteiger partial charge is 0.336 e. The fraction of sp³-hybridized carbons (Fsp3) is 0.769. The third-order valence-corrected chi connectivity index (χ3v) is 3.67. The van der Waals surface area contributed by atoms with Crippen LogP contribution < -0.4 is 5.32 Å². The molecule has 2 aliphatic rings. The molecule has 0 radical (unpaired) electrons. The highest BCUT2D eigenvalue weighted by molar-refractivity contribution is 5.76. The molecule has 2 atom stereocenters. The number of rotatable bonds is 1. The van der Waals surface area contributed by atoms with Gasteiger partial charge in [-0.3, -0.25) is 0 Å². The quantitative estimate of drug-likeness (QED) is 0.680. The molecule has 0 aromatic rings. The Labute approximate surface area is 97.9 Å². The van der Waals surface area contributed by atoms with E-state index in [1.165, 1.54) is 18.4 Å². The maximum absolute atomic E-state index is 12.1. The monoisotopic (exact) mass is 222 g/mol. The van der Waals surface area contributed by atoms with Gasteiger partial charge in [-0.15, -0.1) is 0 Å². The maximum atomic E-state index is 12.1. The predicted molar refractivity (Wildman–Crippen MR) is 65.3 cm³/mol. The van der Waals surface area contributed by atoms with Gasteiger partial charge in [-0.1, -0.05) is 11.6 Å². The van der Waals surface area contributed by atoms with Crippen LogP contribution in [0.4, 0.5) is 4.79 Å². The molecule has 0 spiro atoms. The van der Waals surface area contributed by atoms with E-state index in [0.717, 1.165) is 12.8 Å². The number of carbonyl (C=O) groups is 1. The van der Waals surface area contributed by atoms with Crippen molar-refractivity contribution in [1.82, 2.24) is 10.2 Å². The smallest absolute Gasteiger partial charge is 0.318 e. The van der Waals surface area contributed by atoms with Gasteiger partial charge in [0.05, 0.1) is 0 Å². The lowest BCUT2D eigenvalue weighted by molar-refractivity contribution is 0.158. The van der Waals surface area contributed by atoms with E-state index in [2.05, 4.69) is 23.2 Å². The van der Waals surface area contributed by atoms with Gasteiger partial charge in [-0.05, 0) is 46.5 Å². The van der Waals surface area contributed by atoms with Gasteiger partial charge in [-0.25, -0.2) is 4.79 Å². The number of hydrogen-bond donors (Lipinski definition) is 1. The molecule has 3 nitrogen and oxygen atoms in total. The van der Waals surface area contributed by atoms with E-state index in [1.807, 2.05) is 13.8 Å². The predicted octanol–water partition coefficient (Wildman–Crippen LogP) is 2.68. The molecule has 2 unspecified atom stereocenters. The zero-order valence-electron chi connectivity index (χ0n) is 10.5. The first-order chi connectivity index (χ1) is 7.61. The number of nitrogens with one attached hydrogen (secondary N) is 1. The van der Waals surface area contributed by atoms with Crippen molar-refractivity contribution in [1.29, 1.82) is 0 Å². The van der Waals surface area contributed by atoms with Gasteiger partial charge in [0.15, 0.2) is 0 Å². The summed E-state index contributed by atoms with van der Waals surface area (Å²) in [5.41, 5.74) is 1.53. The van der Waals surface area contributed by atoms with E-state index in [4.69, 9.17) is 0 Å². The van der Waals surface area contributed by atoms with Gasteiger partial charge in [0.1, 0.15) is 0 Å². The molecule has 0 aromatic heterocycles. The molecule has 2 aliphatic heterocycles. The van der Waals surface area contributed by atoms with Crippen LogP contribution in [0.1, 0.15) is 46.5 Å². The molecule has 2 amide bonds. The maximum Gasteiger partial charge on any atom is 0.318 e. The number of piperidine rings is 1. The summed E-state index contributed by atoms with van der Waals surface area (Å²) >= 11 is 0. The van der Waals surface area contributed by atoms with Crippen molar-refractivity contribution in [2.75, 3.05) is 0 Å². The fourth-order valence-corrected chi connectivity index (χ4v) is 2.94. The third kappa shape index (κ3) is 2.08. The van der Waals surface area contributed by atoms with Gasteiger partial charge < -0.3 is 10.2 Å². The number of hydrogen-bond acceptors (Lipinski definition) is 1. The van der Waals surface area contributed by atoms with Gasteiger partial charge in [0.2, 0.25) is 0 Å². The molecule has 2 heterocycles. The van der Waals surface area contributed by atoms with Crippen LogP contribution in [0.15, 0.2) is 11.6 Å². The standard InChI is InChI=1S/C13H22N2O/c1-4-10-7-11-5-6-12(8-10)15(11)13(16)14-9(2)3/h4,9,11-12H,5-8H2,1-3H3,(H,14,16).